The number of oxazole rings is 1. The molecule has 0 spiro atoms. The molecule has 0 atom stereocenters. The smallest absolute Gasteiger partial charge is 0.275 e. The first-order valence-electron chi connectivity index (χ1n) is 9.76. The van der Waals surface area contributed by atoms with Gasteiger partial charge in [-0.1, -0.05) is 35.9 Å². The standard InChI is InChI=1S/C23H22N4O3/c1-15-7-9-17(10-8-15)22-25-18(14-30-22)11-12-24-21(28)13-27-23(29)20-6-4-3-5-19(20)16(2)26-27/h3-10,14H,11-13H2,1-2H3,(H,24,28). The fourth-order valence-electron chi connectivity index (χ4n) is 3.28. The quantitative estimate of drug-likeness (QED) is 0.535. The molecule has 2 aromatic heterocycles. The van der Waals surface area contributed by atoms with Crippen molar-refractivity contribution in [2.75, 3.05) is 6.54 Å². The van der Waals surface area contributed by atoms with E-state index < -0.39 is 0 Å². The van der Waals surface area contributed by atoms with Crippen LogP contribution in [0.2, 0.25) is 0 Å². The monoisotopic (exact) mass is 402 g/mol. The number of aromatic nitrogens is 3. The van der Waals surface area contributed by atoms with Crippen LogP contribution in [-0.4, -0.2) is 27.2 Å². The summed E-state index contributed by atoms with van der Waals surface area (Å²) in [5, 5.41) is 8.44. The van der Waals surface area contributed by atoms with Crippen LogP contribution < -0.4 is 10.9 Å². The number of nitrogens with zero attached hydrogens (tertiary/aromatic N) is 3. The van der Waals surface area contributed by atoms with E-state index in [4.69, 9.17) is 4.42 Å². The van der Waals surface area contributed by atoms with Gasteiger partial charge in [0, 0.05) is 23.9 Å². The summed E-state index contributed by atoms with van der Waals surface area (Å²) in [7, 11) is 0. The molecule has 1 amide bonds. The molecule has 0 aliphatic rings. The SMILES string of the molecule is Cc1ccc(-c2nc(CCNC(=O)Cn3nc(C)c4ccccc4c3=O)co2)cc1. The van der Waals surface area contributed by atoms with Gasteiger partial charge in [-0.05, 0) is 32.0 Å². The van der Waals surface area contributed by atoms with Crippen molar-refractivity contribution in [3.05, 3.63) is 82.1 Å². The maximum atomic E-state index is 12.6. The third-order valence-electron chi connectivity index (χ3n) is 4.90. The van der Waals surface area contributed by atoms with Gasteiger partial charge in [0.15, 0.2) is 0 Å². The number of amides is 1. The Balaban J connectivity index is 1.36. The molecule has 1 N–H and O–H groups in total. The van der Waals surface area contributed by atoms with Crippen molar-refractivity contribution in [3.8, 4) is 11.5 Å². The molecule has 2 heterocycles. The average Bonchev–Trinajstić information content (AvgIpc) is 3.21. The number of carbonyl (C=O) groups excluding carboxylic acids is 1. The number of carbonyl (C=O) groups is 1. The maximum absolute atomic E-state index is 12.6. The second kappa shape index (κ2) is 8.32. The molecule has 4 aromatic rings. The zero-order valence-electron chi connectivity index (χ0n) is 16.9. The summed E-state index contributed by atoms with van der Waals surface area (Å²) < 4.78 is 6.74. The first kappa shape index (κ1) is 19.6. The Kier molecular flexibility index (Phi) is 5.43. The minimum Gasteiger partial charge on any atom is -0.444 e. The molecular weight excluding hydrogens is 380 g/mol. The minimum atomic E-state index is -0.276. The lowest BCUT2D eigenvalue weighted by atomic mass is 10.1. The topological polar surface area (TPSA) is 90.0 Å². The van der Waals surface area contributed by atoms with Crippen LogP contribution in [-0.2, 0) is 17.8 Å². The van der Waals surface area contributed by atoms with Gasteiger partial charge in [0.25, 0.3) is 5.56 Å². The van der Waals surface area contributed by atoms with Crippen LogP contribution in [0, 0.1) is 13.8 Å². The molecule has 7 heteroatoms. The number of benzene rings is 2. The Bertz CT molecular complexity index is 1260. The third kappa shape index (κ3) is 4.15. The predicted molar refractivity (Wildman–Crippen MR) is 114 cm³/mol. The third-order valence-corrected chi connectivity index (χ3v) is 4.90. The highest BCUT2D eigenvalue weighted by molar-refractivity contribution is 5.83. The summed E-state index contributed by atoms with van der Waals surface area (Å²) in [6.45, 7) is 4.11. The zero-order chi connectivity index (χ0) is 21.1. The van der Waals surface area contributed by atoms with E-state index in [0.29, 0.717) is 29.9 Å². The predicted octanol–water partition coefficient (Wildman–Crippen LogP) is 3.03. The van der Waals surface area contributed by atoms with Crippen molar-refractivity contribution in [3.63, 3.8) is 0 Å². The number of aryl methyl sites for hydroxylation is 2. The Labute approximate surface area is 173 Å². The lowest BCUT2D eigenvalue weighted by molar-refractivity contribution is -0.121. The van der Waals surface area contributed by atoms with Crippen molar-refractivity contribution in [1.82, 2.24) is 20.1 Å². The van der Waals surface area contributed by atoms with E-state index in [1.54, 1.807) is 18.4 Å². The fraction of sp³-hybridized carbons (Fsp3) is 0.217. The molecule has 0 fully saturated rings. The molecule has 30 heavy (non-hydrogen) atoms. The molecule has 7 nitrogen and oxygen atoms in total. The summed E-state index contributed by atoms with van der Waals surface area (Å²) in [6, 6.07) is 15.2. The lowest BCUT2D eigenvalue weighted by Crippen LogP contribution is -2.35. The number of hydrogen-bond acceptors (Lipinski definition) is 5. The second-order valence-electron chi connectivity index (χ2n) is 7.20. The van der Waals surface area contributed by atoms with Gasteiger partial charge in [0.05, 0.1) is 16.8 Å². The van der Waals surface area contributed by atoms with Gasteiger partial charge >= 0.3 is 0 Å². The van der Waals surface area contributed by atoms with Crippen molar-refractivity contribution < 1.29 is 9.21 Å². The van der Waals surface area contributed by atoms with Crippen LogP contribution in [0.3, 0.4) is 0 Å². The van der Waals surface area contributed by atoms with E-state index in [0.717, 1.165) is 16.6 Å². The van der Waals surface area contributed by atoms with Crippen LogP contribution in [0.15, 0.2) is 64.0 Å². The molecule has 2 aromatic carbocycles. The molecule has 0 bridgehead atoms. The normalized spacial score (nSPS) is 11.0. The number of fused-ring (bicyclic) bond motifs is 1. The van der Waals surface area contributed by atoms with Crippen molar-refractivity contribution in [2.45, 2.75) is 26.8 Å². The van der Waals surface area contributed by atoms with Crippen LogP contribution in [0.1, 0.15) is 17.0 Å². The van der Waals surface area contributed by atoms with Gasteiger partial charge in [-0.25, -0.2) is 9.67 Å². The van der Waals surface area contributed by atoms with E-state index in [1.807, 2.05) is 50.2 Å². The van der Waals surface area contributed by atoms with E-state index in [-0.39, 0.29) is 18.0 Å². The van der Waals surface area contributed by atoms with Crippen molar-refractivity contribution in [1.29, 1.82) is 0 Å². The van der Waals surface area contributed by atoms with Crippen LogP contribution in [0.4, 0.5) is 0 Å². The Morgan fingerprint density at radius 2 is 1.80 bits per heavy atom. The molecule has 4 rings (SSSR count). The number of hydrogen-bond donors (Lipinski definition) is 1. The highest BCUT2D eigenvalue weighted by Gasteiger charge is 2.11. The summed E-state index contributed by atoms with van der Waals surface area (Å²) in [6.07, 6.45) is 2.13. The largest absolute Gasteiger partial charge is 0.444 e. The molecule has 0 radical (unpaired) electrons. The molecule has 0 unspecified atom stereocenters. The summed E-state index contributed by atoms with van der Waals surface area (Å²) in [5.74, 6) is 0.278. The number of rotatable bonds is 6. The lowest BCUT2D eigenvalue weighted by Gasteiger charge is -2.09. The van der Waals surface area contributed by atoms with Gasteiger partial charge < -0.3 is 9.73 Å². The van der Waals surface area contributed by atoms with E-state index in [1.165, 1.54) is 10.2 Å². The molecule has 0 saturated heterocycles. The van der Waals surface area contributed by atoms with Crippen molar-refractivity contribution >= 4 is 16.7 Å². The fourth-order valence-corrected chi connectivity index (χ4v) is 3.28. The average molecular weight is 402 g/mol. The molecule has 0 saturated carbocycles. The van der Waals surface area contributed by atoms with Gasteiger partial charge in [-0.2, -0.15) is 5.10 Å². The molecular formula is C23H22N4O3. The van der Waals surface area contributed by atoms with E-state index >= 15 is 0 Å². The number of nitrogens with one attached hydrogen (secondary N) is 1. The van der Waals surface area contributed by atoms with Gasteiger partial charge in [0.2, 0.25) is 11.8 Å². The summed E-state index contributed by atoms with van der Waals surface area (Å²) in [5.41, 5.74) is 3.27. The highest BCUT2D eigenvalue weighted by atomic mass is 16.3. The maximum Gasteiger partial charge on any atom is 0.275 e. The van der Waals surface area contributed by atoms with Crippen molar-refractivity contribution in [2.24, 2.45) is 0 Å². The van der Waals surface area contributed by atoms with Gasteiger partial charge in [0.1, 0.15) is 12.8 Å². The van der Waals surface area contributed by atoms with Crippen LogP contribution in [0.5, 0.6) is 0 Å². The first-order chi connectivity index (χ1) is 14.5. The Hall–Kier alpha value is -3.74. The van der Waals surface area contributed by atoms with E-state index in [9.17, 15) is 9.59 Å². The summed E-state index contributed by atoms with van der Waals surface area (Å²) >= 11 is 0. The minimum absolute atomic E-state index is 0.127. The Morgan fingerprint density at radius 1 is 1.07 bits per heavy atom. The summed E-state index contributed by atoms with van der Waals surface area (Å²) in [4.78, 5) is 29.3. The molecule has 0 aliphatic heterocycles. The molecule has 0 aliphatic carbocycles. The second-order valence-corrected chi connectivity index (χ2v) is 7.20. The van der Waals surface area contributed by atoms with Gasteiger partial charge in [-0.15, -0.1) is 0 Å². The Morgan fingerprint density at radius 3 is 2.57 bits per heavy atom. The first-order valence-corrected chi connectivity index (χ1v) is 9.76. The van der Waals surface area contributed by atoms with Crippen LogP contribution in [0.25, 0.3) is 22.2 Å². The highest BCUT2D eigenvalue weighted by Crippen LogP contribution is 2.19. The van der Waals surface area contributed by atoms with Gasteiger partial charge in [-0.3, -0.25) is 9.59 Å². The molecule has 152 valence electrons. The van der Waals surface area contributed by atoms with Crippen LogP contribution >= 0.6 is 0 Å². The van der Waals surface area contributed by atoms with E-state index in [2.05, 4.69) is 15.4 Å². The zero-order valence-corrected chi connectivity index (χ0v) is 16.9.